The second-order valence-corrected chi connectivity index (χ2v) is 8.87. The lowest BCUT2D eigenvalue weighted by atomic mass is 10.1. The van der Waals surface area contributed by atoms with Gasteiger partial charge >= 0.3 is 0 Å². The zero-order valence-electron chi connectivity index (χ0n) is 19.0. The molecular weight excluding hydrogens is 440 g/mol. The van der Waals surface area contributed by atoms with Crippen molar-refractivity contribution in [2.24, 2.45) is 5.92 Å². The summed E-state index contributed by atoms with van der Waals surface area (Å²) < 4.78 is 5.80. The van der Waals surface area contributed by atoms with Crippen LogP contribution in [0.5, 0.6) is 0 Å². The van der Waals surface area contributed by atoms with Crippen molar-refractivity contribution in [1.29, 1.82) is 0 Å². The van der Waals surface area contributed by atoms with Gasteiger partial charge in [0.25, 0.3) is 0 Å². The third kappa shape index (κ3) is 4.93. The summed E-state index contributed by atoms with van der Waals surface area (Å²) in [6.45, 7) is 6.49. The maximum atomic E-state index is 13.4. The normalized spacial score (nSPS) is 16.0. The van der Waals surface area contributed by atoms with Gasteiger partial charge in [-0.3, -0.25) is 9.59 Å². The van der Waals surface area contributed by atoms with Crippen molar-refractivity contribution < 1.29 is 14.0 Å². The summed E-state index contributed by atoms with van der Waals surface area (Å²) in [4.78, 5) is 29.5. The zero-order valence-corrected chi connectivity index (χ0v) is 19.7. The smallest absolute Gasteiger partial charge is 0.249 e. The molecule has 2 amide bonds. The van der Waals surface area contributed by atoms with Crippen LogP contribution in [0.3, 0.4) is 0 Å². The third-order valence-electron chi connectivity index (χ3n) is 5.91. The van der Waals surface area contributed by atoms with Gasteiger partial charge in [0.2, 0.25) is 23.6 Å². The molecule has 1 unspecified atom stereocenters. The Labute approximate surface area is 198 Å². The average molecular weight is 467 g/mol. The molecule has 0 N–H and O–H groups in total. The van der Waals surface area contributed by atoms with Crippen LogP contribution in [-0.2, 0) is 22.6 Å². The Morgan fingerprint density at radius 1 is 1.18 bits per heavy atom. The molecule has 0 aliphatic carbocycles. The molecule has 1 saturated heterocycles. The van der Waals surface area contributed by atoms with Gasteiger partial charge < -0.3 is 14.2 Å². The summed E-state index contributed by atoms with van der Waals surface area (Å²) in [6.07, 6.45) is 1.12. The van der Waals surface area contributed by atoms with Gasteiger partial charge in [-0.2, -0.15) is 0 Å². The maximum Gasteiger partial charge on any atom is 0.249 e. The molecule has 0 saturated carbocycles. The molecule has 1 fully saturated rings. The number of anilines is 1. The van der Waals surface area contributed by atoms with E-state index in [-0.39, 0.29) is 30.8 Å². The lowest BCUT2D eigenvalue weighted by molar-refractivity contribution is -0.138. The largest absolute Gasteiger partial charge is 0.419 e. The summed E-state index contributed by atoms with van der Waals surface area (Å²) in [6, 6.07) is 15.0. The van der Waals surface area contributed by atoms with Crippen LogP contribution >= 0.6 is 11.6 Å². The van der Waals surface area contributed by atoms with E-state index in [1.807, 2.05) is 50.2 Å². The molecule has 1 atom stereocenters. The van der Waals surface area contributed by atoms with E-state index in [9.17, 15) is 9.59 Å². The van der Waals surface area contributed by atoms with Crippen molar-refractivity contribution in [2.75, 3.05) is 11.4 Å². The predicted octanol–water partition coefficient (Wildman–Crippen LogP) is 4.74. The van der Waals surface area contributed by atoms with E-state index < -0.39 is 5.92 Å². The van der Waals surface area contributed by atoms with Gasteiger partial charge in [-0.15, -0.1) is 10.2 Å². The quantitative estimate of drug-likeness (QED) is 0.502. The van der Waals surface area contributed by atoms with Crippen LogP contribution in [0.25, 0.3) is 11.5 Å². The maximum absolute atomic E-state index is 13.4. The highest BCUT2D eigenvalue weighted by molar-refractivity contribution is 6.33. The van der Waals surface area contributed by atoms with E-state index in [1.165, 1.54) is 5.56 Å². The van der Waals surface area contributed by atoms with Crippen molar-refractivity contribution in [3.05, 3.63) is 65.0 Å². The van der Waals surface area contributed by atoms with Crippen molar-refractivity contribution in [3.8, 4) is 11.5 Å². The fraction of sp³-hybridized carbons (Fsp3) is 0.360. The molecule has 3 aromatic rings. The second-order valence-electron chi connectivity index (χ2n) is 8.47. The number of carbonyl (C=O) groups is 2. The van der Waals surface area contributed by atoms with Crippen LogP contribution in [0.2, 0.25) is 5.02 Å². The van der Waals surface area contributed by atoms with Crippen molar-refractivity contribution >= 4 is 29.1 Å². The molecule has 2 aromatic carbocycles. The van der Waals surface area contributed by atoms with Gasteiger partial charge in [0, 0.05) is 24.7 Å². The Morgan fingerprint density at radius 2 is 1.91 bits per heavy atom. The highest BCUT2D eigenvalue weighted by atomic mass is 35.5. The molecule has 1 aromatic heterocycles. The molecule has 1 aliphatic heterocycles. The number of amides is 2. The topological polar surface area (TPSA) is 79.5 Å². The summed E-state index contributed by atoms with van der Waals surface area (Å²) in [5, 5.41) is 8.72. The predicted molar refractivity (Wildman–Crippen MR) is 127 cm³/mol. The number of benzene rings is 2. The van der Waals surface area contributed by atoms with Crippen LogP contribution in [0.4, 0.5) is 5.69 Å². The summed E-state index contributed by atoms with van der Waals surface area (Å²) in [5.41, 5.74) is 2.68. The minimum atomic E-state index is -0.420. The van der Waals surface area contributed by atoms with Gasteiger partial charge in [-0.25, -0.2) is 0 Å². The second kappa shape index (κ2) is 9.75. The van der Waals surface area contributed by atoms with E-state index in [1.54, 1.807) is 21.9 Å². The SMILES string of the molecule is CCc1ccc(N2CC(C(=O)N(Cc3nnc(-c4ccccc4Cl)o3)C(C)C)CC2=O)cc1. The fourth-order valence-corrected chi connectivity index (χ4v) is 4.21. The van der Waals surface area contributed by atoms with Gasteiger partial charge in [0.05, 0.1) is 23.0 Å². The molecule has 4 rings (SSSR count). The number of halogens is 1. The molecule has 1 aliphatic rings. The summed E-state index contributed by atoms with van der Waals surface area (Å²) >= 11 is 6.23. The number of carbonyl (C=O) groups excluding carboxylic acids is 2. The average Bonchev–Trinajstić information content (AvgIpc) is 3.44. The Bertz CT molecular complexity index is 1140. The minimum absolute atomic E-state index is 0.0416. The molecule has 8 heteroatoms. The van der Waals surface area contributed by atoms with Crippen molar-refractivity contribution in [2.45, 2.75) is 46.2 Å². The van der Waals surface area contributed by atoms with Gasteiger partial charge in [0.1, 0.15) is 0 Å². The number of aromatic nitrogens is 2. The Kier molecular flexibility index (Phi) is 6.79. The first-order valence-electron chi connectivity index (χ1n) is 11.1. The first-order valence-corrected chi connectivity index (χ1v) is 11.5. The van der Waals surface area contributed by atoms with Crippen LogP contribution in [0, 0.1) is 5.92 Å². The van der Waals surface area contributed by atoms with Crippen LogP contribution in [0.1, 0.15) is 38.6 Å². The molecule has 2 heterocycles. The van der Waals surface area contributed by atoms with E-state index in [0.717, 1.165) is 12.1 Å². The highest BCUT2D eigenvalue weighted by Crippen LogP contribution is 2.29. The summed E-state index contributed by atoms with van der Waals surface area (Å²) in [7, 11) is 0. The van der Waals surface area contributed by atoms with Crippen LogP contribution in [-0.4, -0.2) is 39.5 Å². The minimum Gasteiger partial charge on any atom is -0.419 e. The fourth-order valence-electron chi connectivity index (χ4n) is 3.99. The lowest BCUT2D eigenvalue weighted by Crippen LogP contribution is -2.41. The van der Waals surface area contributed by atoms with Crippen molar-refractivity contribution in [3.63, 3.8) is 0 Å². The summed E-state index contributed by atoms with van der Waals surface area (Å²) in [5.74, 6) is 0.0770. The number of hydrogen-bond donors (Lipinski definition) is 0. The Balaban J connectivity index is 1.48. The lowest BCUT2D eigenvalue weighted by Gasteiger charge is -2.28. The first kappa shape index (κ1) is 23.0. The number of hydrogen-bond acceptors (Lipinski definition) is 5. The molecule has 172 valence electrons. The van der Waals surface area contributed by atoms with E-state index in [4.69, 9.17) is 16.0 Å². The third-order valence-corrected chi connectivity index (χ3v) is 6.24. The highest BCUT2D eigenvalue weighted by Gasteiger charge is 2.38. The van der Waals surface area contributed by atoms with Crippen LogP contribution in [0.15, 0.2) is 52.9 Å². The zero-order chi connectivity index (χ0) is 23.5. The molecular formula is C25H27ClN4O3. The Hall–Kier alpha value is -3.19. The number of aryl methyl sites for hydroxylation is 1. The van der Waals surface area contributed by atoms with Crippen molar-refractivity contribution in [1.82, 2.24) is 15.1 Å². The van der Waals surface area contributed by atoms with Gasteiger partial charge in [0.15, 0.2) is 0 Å². The van der Waals surface area contributed by atoms with E-state index in [0.29, 0.717) is 28.9 Å². The van der Waals surface area contributed by atoms with E-state index in [2.05, 4.69) is 17.1 Å². The standard InChI is InChI=1S/C25H27ClN4O3/c1-4-17-9-11-19(12-10-17)30-14-18(13-23(30)31)25(32)29(16(2)3)15-22-27-28-24(33-22)20-7-5-6-8-21(20)26/h5-12,16,18H,4,13-15H2,1-3H3. The molecule has 7 nitrogen and oxygen atoms in total. The van der Waals surface area contributed by atoms with Gasteiger partial charge in [-0.1, -0.05) is 42.8 Å². The molecule has 0 radical (unpaired) electrons. The van der Waals surface area contributed by atoms with Gasteiger partial charge in [-0.05, 0) is 50.1 Å². The molecule has 0 bridgehead atoms. The number of rotatable bonds is 7. The molecule has 33 heavy (non-hydrogen) atoms. The van der Waals surface area contributed by atoms with E-state index >= 15 is 0 Å². The monoisotopic (exact) mass is 466 g/mol. The number of nitrogens with zero attached hydrogens (tertiary/aromatic N) is 4. The Morgan fingerprint density at radius 3 is 2.58 bits per heavy atom. The first-order chi connectivity index (χ1) is 15.9. The van der Waals surface area contributed by atoms with Crippen LogP contribution < -0.4 is 4.90 Å². The molecule has 0 spiro atoms.